The van der Waals surface area contributed by atoms with Crippen molar-refractivity contribution in [1.29, 1.82) is 0 Å². The van der Waals surface area contributed by atoms with Gasteiger partial charge in [0, 0.05) is 17.1 Å². The molecule has 0 spiro atoms. The monoisotopic (exact) mass is 440 g/mol. The highest BCUT2D eigenvalue weighted by Gasteiger charge is 2.13. The van der Waals surface area contributed by atoms with Crippen LogP contribution in [0.5, 0.6) is 0 Å². The third kappa shape index (κ3) is 4.89. The van der Waals surface area contributed by atoms with Crippen molar-refractivity contribution in [2.75, 3.05) is 26.2 Å². The maximum Gasteiger partial charge on any atom is 0.329 e. The molecule has 0 bridgehead atoms. The zero-order valence-electron chi connectivity index (χ0n) is 17.2. The van der Waals surface area contributed by atoms with Gasteiger partial charge in [0.15, 0.2) is 0 Å². The van der Waals surface area contributed by atoms with Gasteiger partial charge in [-0.1, -0.05) is 29.8 Å². The van der Waals surface area contributed by atoms with Crippen molar-refractivity contribution in [1.82, 2.24) is 19.8 Å². The molecule has 2 N–H and O–H groups in total. The molecule has 1 aliphatic rings. The summed E-state index contributed by atoms with van der Waals surface area (Å²) >= 11 is 6.17. The maximum absolute atomic E-state index is 12.9. The smallest absolute Gasteiger partial charge is 0.329 e. The number of fused-ring (bicyclic) bond motifs is 1. The van der Waals surface area contributed by atoms with Gasteiger partial charge in [-0.25, -0.2) is 4.79 Å². The highest BCUT2D eigenvalue weighted by Crippen LogP contribution is 2.16. The van der Waals surface area contributed by atoms with Crippen molar-refractivity contribution in [3.05, 3.63) is 79.5 Å². The van der Waals surface area contributed by atoms with E-state index in [2.05, 4.69) is 15.2 Å². The Morgan fingerprint density at radius 3 is 2.65 bits per heavy atom. The lowest BCUT2D eigenvalue weighted by atomic mass is 10.1. The van der Waals surface area contributed by atoms with E-state index in [-0.39, 0.29) is 12.5 Å². The molecule has 7 nitrogen and oxygen atoms in total. The number of rotatable bonds is 7. The first-order valence-electron chi connectivity index (χ1n) is 10.5. The fourth-order valence-corrected chi connectivity index (χ4v) is 4.14. The van der Waals surface area contributed by atoms with Crippen LogP contribution in [0.3, 0.4) is 0 Å². The van der Waals surface area contributed by atoms with Gasteiger partial charge < -0.3 is 15.2 Å². The molecular weight excluding hydrogens is 416 g/mol. The predicted molar refractivity (Wildman–Crippen MR) is 122 cm³/mol. The number of hydrogen-bond acceptors (Lipinski definition) is 4. The number of carbonyl (C=O) groups is 1. The van der Waals surface area contributed by atoms with E-state index in [0.717, 1.165) is 30.6 Å². The van der Waals surface area contributed by atoms with Crippen molar-refractivity contribution < 1.29 is 4.79 Å². The van der Waals surface area contributed by atoms with Crippen LogP contribution in [-0.2, 0) is 6.54 Å². The molecule has 1 amide bonds. The average Bonchev–Trinajstić information content (AvgIpc) is 3.28. The lowest BCUT2D eigenvalue weighted by Gasteiger charge is -2.14. The van der Waals surface area contributed by atoms with E-state index in [4.69, 9.17) is 11.6 Å². The average molecular weight is 441 g/mol. The predicted octanol–water partition coefficient (Wildman–Crippen LogP) is 2.61. The summed E-state index contributed by atoms with van der Waals surface area (Å²) < 4.78 is 1.11. The first-order valence-corrected chi connectivity index (χ1v) is 10.9. The number of halogens is 1. The summed E-state index contributed by atoms with van der Waals surface area (Å²) in [5, 5.41) is 3.75. The van der Waals surface area contributed by atoms with Crippen LogP contribution in [0.15, 0.2) is 52.1 Å². The number of aromatic nitrogens is 2. The van der Waals surface area contributed by atoms with E-state index < -0.39 is 11.2 Å². The second-order valence-corrected chi connectivity index (χ2v) is 8.24. The van der Waals surface area contributed by atoms with Gasteiger partial charge in [0.2, 0.25) is 0 Å². The minimum Gasteiger partial charge on any atom is -0.352 e. The summed E-state index contributed by atoms with van der Waals surface area (Å²) in [5.74, 6) is -0.218. The summed E-state index contributed by atoms with van der Waals surface area (Å²) in [6.45, 7) is 3.92. The molecule has 4 rings (SSSR count). The highest BCUT2D eigenvalue weighted by molar-refractivity contribution is 6.31. The zero-order valence-corrected chi connectivity index (χ0v) is 18.0. The molecule has 1 saturated heterocycles. The molecule has 8 heteroatoms. The SMILES string of the molecule is O=C(NCCCN1CCCC1)c1ccc2c(=O)n(Cc3ccccc3Cl)c(=O)[nH]c2c1. The summed E-state index contributed by atoms with van der Waals surface area (Å²) in [6, 6.07) is 11.8. The van der Waals surface area contributed by atoms with Crippen molar-refractivity contribution >= 4 is 28.4 Å². The number of nitrogens with zero attached hydrogens (tertiary/aromatic N) is 2. The topological polar surface area (TPSA) is 87.2 Å². The Bertz CT molecular complexity index is 1210. The van der Waals surface area contributed by atoms with E-state index in [1.165, 1.54) is 12.8 Å². The molecule has 1 aliphatic heterocycles. The van der Waals surface area contributed by atoms with Crippen LogP contribution in [-0.4, -0.2) is 46.5 Å². The van der Waals surface area contributed by atoms with Crippen LogP contribution in [0.25, 0.3) is 10.9 Å². The van der Waals surface area contributed by atoms with Gasteiger partial charge >= 0.3 is 5.69 Å². The first kappa shape index (κ1) is 21.3. The summed E-state index contributed by atoms with van der Waals surface area (Å²) in [7, 11) is 0. The lowest BCUT2D eigenvalue weighted by Crippen LogP contribution is -2.35. The summed E-state index contributed by atoms with van der Waals surface area (Å²) in [5.41, 5.74) is 0.473. The lowest BCUT2D eigenvalue weighted by molar-refractivity contribution is 0.0952. The number of likely N-dealkylation sites (tertiary alicyclic amines) is 1. The minimum atomic E-state index is -0.541. The summed E-state index contributed by atoms with van der Waals surface area (Å²) in [4.78, 5) is 43.0. The second-order valence-electron chi connectivity index (χ2n) is 7.83. The van der Waals surface area contributed by atoms with E-state index in [1.807, 2.05) is 0 Å². The van der Waals surface area contributed by atoms with Gasteiger partial charge in [0.25, 0.3) is 11.5 Å². The number of aromatic amines is 1. The Labute approximate surface area is 184 Å². The molecule has 2 aromatic carbocycles. The van der Waals surface area contributed by atoms with Crippen LogP contribution in [0.4, 0.5) is 0 Å². The molecule has 0 radical (unpaired) electrons. The highest BCUT2D eigenvalue weighted by atomic mass is 35.5. The van der Waals surface area contributed by atoms with Gasteiger partial charge in [-0.05, 0) is 68.7 Å². The van der Waals surface area contributed by atoms with E-state index >= 15 is 0 Å². The quantitative estimate of drug-likeness (QED) is 0.553. The first-order chi connectivity index (χ1) is 15.0. The molecule has 1 fully saturated rings. The Kier molecular flexibility index (Phi) is 6.53. The van der Waals surface area contributed by atoms with Crippen LogP contribution in [0.1, 0.15) is 35.2 Å². The maximum atomic E-state index is 12.9. The Morgan fingerprint density at radius 1 is 1.10 bits per heavy atom. The summed E-state index contributed by atoms with van der Waals surface area (Å²) in [6.07, 6.45) is 3.40. The van der Waals surface area contributed by atoms with E-state index in [1.54, 1.807) is 42.5 Å². The molecule has 1 aromatic heterocycles. The van der Waals surface area contributed by atoms with Gasteiger partial charge in [-0.3, -0.25) is 14.2 Å². The molecule has 162 valence electrons. The number of nitrogens with one attached hydrogen (secondary N) is 2. The molecule has 31 heavy (non-hydrogen) atoms. The third-order valence-electron chi connectivity index (χ3n) is 5.67. The Morgan fingerprint density at radius 2 is 1.87 bits per heavy atom. The minimum absolute atomic E-state index is 0.0725. The van der Waals surface area contributed by atoms with Crippen LogP contribution >= 0.6 is 11.6 Å². The molecule has 0 aliphatic carbocycles. The molecule has 2 heterocycles. The number of carbonyl (C=O) groups excluding carboxylic acids is 1. The molecular formula is C23H25ClN4O3. The normalized spacial score (nSPS) is 14.2. The third-order valence-corrected chi connectivity index (χ3v) is 6.03. The van der Waals surface area contributed by atoms with Crippen molar-refractivity contribution in [3.63, 3.8) is 0 Å². The van der Waals surface area contributed by atoms with Crippen molar-refractivity contribution in [2.45, 2.75) is 25.8 Å². The zero-order chi connectivity index (χ0) is 21.8. The Balaban J connectivity index is 1.49. The van der Waals surface area contributed by atoms with Crippen LogP contribution < -0.4 is 16.6 Å². The van der Waals surface area contributed by atoms with Gasteiger partial charge in [0.1, 0.15) is 0 Å². The fraction of sp³-hybridized carbons (Fsp3) is 0.348. The molecule has 3 aromatic rings. The largest absolute Gasteiger partial charge is 0.352 e. The number of hydrogen-bond donors (Lipinski definition) is 2. The Hall–Kier alpha value is -2.90. The van der Waals surface area contributed by atoms with Crippen LogP contribution in [0.2, 0.25) is 5.02 Å². The number of amides is 1. The number of H-pyrrole nitrogens is 1. The second kappa shape index (κ2) is 9.49. The van der Waals surface area contributed by atoms with Gasteiger partial charge in [-0.2, -0.15) is 0 Å². The van der Waals surface area contributed by atoms with Crippen LogP contribution in [0, 0.1) is 0 Å². The van der Waals surface area contributed by atoms with E-state index in [0.29, 0.717) is 33.6 Å². The molecule has 0 atom stereocenters. The number of benzene rings is 2. The van der Waals surface area contributed by atoms with E-state index in [9.17, 15) is 14.4 Å². The molecule has 0 saturated carbocycles. The van der Waals surface area contributed by atoms with Gasteiger partial charge in [-0.15, -0.1) is 0 Å². The molecule has 0 unspecified atom stereocenters. The fourth-order valence-electron chi connectivity index (χ4n) is 3.95. The van der Waals surface area contributed by atoms with Gasteiger partial charge in [0.05, 0.1) is 17.4 Å². The van der Waals surface area contributed by atoms with Crippen molar-refractivity contribution in [3.8, 4) is 0 Å². The van der Waals surface area contributed by atoms with Crippen molar-refractivity contribution in [2.24, 2.45) is 0 Å². The standard InChI is InChI=1S/C23H25ClN4O3/c24-19-7-2-1-6-17(19)15-28-22(30)18-9-8-16(14-20(18)26-23(28)31)21(29)25-10-5-13-27-11-3-4-12-27/h1-2,6-9,14H,3-5,10-13,15H2,(H,25,29)(H,26,31).